The minimum absolute atomic E-state index is 0.314. The van der Waals surface area contributed by atoms with Crippen molar-refractivity contribution in [1.29, 1.82) is 0 Å². The lowest BCUT2D eigenvalue weighted by Crippen LogP contribution is -2.48. The highest BCUT2D eigenvalue weighted by Gasteiger charge is 2.36. The van der Waals surface area contributed by atoms with E-state index >= 15 is 0 Å². The van der Waals surface area contributed by atoms with Crippen LogP contribution in [-0.2, 0) is 4.74 Å². The fourth-order valence-electron chi connectivity index (χ4n) is 2.29. The molecule has 17 heavy (non-hydrogen) atoms. The van der Waals surface area contributed by atoms with Gasteiger partial charge in [0.15, 0.2) is 0 Å². The SMILES string of the molecule is CCOCC(C)NCC1(O)CCC(C)(C)CC1. The normalized spacial score (nSPS) is 24.5. The Labute approximate surface area is 106 Å². The fraction of sp³-hybridized carbons (Fsp3) is 1.00. The summed E-state index contributed by atoms with van der Waals surface area (Å²) in [6, 6.07) is 0.314. The summed E-state index contributed by atoms with van der Waals surface area (Å²) in [6.07, 6.45) is 4.05. The minimum atomic E-state index is -0.504. The van der Waals surface area contributed by atoms with Gasteiger partial charge in [0, 0.05) is 19.2 Å². The van der Waals surface area contributed by atoms with Gasteiger partial charge in [0.2, 0.25) is 0 Å². The predicted octanol–water partition coefficient (Wildman–Crippen LogP) is 2.33. The molecule has 0 radical (unpaired) electrons. The second kappa shape index (κ2) is 6.17. The number of hydrogen-bond donors (Lipinski definition) is 2. The van der Waals surface area contributed by atoms with Gasteiger partial charge in [-0.2, -0.15) is 0 Å². The number of hydrogen-bond acceptors (Lipinski definition) is 3. The Bertz CT molecular complexity index is 218. The zero-order valence-corrected chi connectivity index (χ0v) is 11.9. The van der Waals surface area contributed by atoms with Crippen molar-refractivity contribution in [2.75, 3.05) is 19.8 Å². The second-order valence-electron chi connectivity index (χ2n) is 6.33. The Morgan fingerprint density at radius 3 is 2.35 bits per heavy atom. The molecule has 1 rings (SSSR count). The van der Waals surface area contributed by atoms with Gasteiger partial charge in [-0.05, 0) is 44.9 Å². The first-order valence-corrected chi connectivity index (χ1v) is 6.90. The van der Waals surface area contributed by atoms with Crippen molar-refractivity contribution in [3.8, 4) is 0 Å². The largest absolute Gasteiger partial charge is 0.389 e. The van der Waals surface area contributed by atoms with E-state index < -0.39 is 5.60 Å². The molecule has 1 aliphatic carbocycles. The van der Waals surface area contributed by atoms with Crippen LogP contribution in [0, 0.1) is 5.41 Å². The van der Waals surface area contributed by atoms with Crippen molar-refractivity contribution < 1.29 is 9.84 Å². The van der Waals surface area contributed by atoms with Crippen LogP contribution in [0.1, 0.15) is 53.4 Å². The monoisotopic (exact) mass is 243 g/mol. The summed E-state index contributed by atoms with van der Waals surface area (Å²) in [7, 11) is 0. The van der Waals surface area contributed by atoms with E-state index in [1.54, 1.807) is 0 Å². The molecule has 1 fully saturated rings. The molecule has 0 spiro atoms. The third kappa shape index (κ3) is 5.36. The molecule has 0 aromatic carbocycles. The van der Waals surface area contributed by atoms with Crippen LogP contribution in [-0.4, -0.2) is 36.5 Å². The number of rotatable bonds is 6. The smallest absolute Gasteiger partial charge is 0.0772 e. The van der Waals surface area contributed by atoms with E-state index in [1.807, 2.05) is 6.92 Å². The summed E-state index contributed by atoms with van der Waals surface area (Å²) in [6.45, 7) is 10.9. The van der Waals surface area contributed by atoms with Crippen LogP contribution in [0.25, 0.3) is 0 Å². The van der Waals surface area contributed by atoms with Gasteiger partial charge in [-0.25, -0.2) is 0 Å². The number of ether oxygens (including phenoxy) is 1. The molecule has 2 N–H and O–H groups in total. The first kappa shape index (κ1) is 14.9. The zero-order chi connectivity index (χ0) is 12.9. The average molecular weight is 243 g/mol. The molecule has 1 unspecified atom stereocenters. The third-order valence-corrected chi connectivity index (χ3v) is 3.89. The van der Waals surface area contributed by atoms with Crippen LogP contribution in [0.3, 0.4) is 0 Å². The van der Waals surface area contributed by atoms with Gasteiger partial charge in [-0.3, -0.25) is 0 Å². The van der Waals surface area contributed by atoms with Gasteiger partial charge in [0.25, 0.3) is 0 Å². The van der Waals surface area contributed by atoms with E-state index in [-0.39, 0.29) is 0 Å². The highest BCUT2D eigenvalue weighted by atomic mass is 16.5. The second-order valence-corrected chi connectivity index (χ2v) is 6.33. The molecule has 0 amide bonds. The molecule has 0 saturated heterocycles. The van der Waals surface area contributed by atoms with Crippen LogP contribution in [0.15, 0.2) is 0 Å². The molecular formula is C14H29NO2. The quantitative estimate of drug-likeness (QED) is 0.752. The Balaban J connectivity index is 2.26. The molecule has 0 bridgehead atoms. The molecule has 0 aromatic rings. The summed E-state index contributed by atoms with van der Waals surface area (Å²) >= 11 is 0. The molecule has 3 nitrogen and oxygen atoms in total. The zero-order valence-electron chi connectivity index (χ0n) is 11.9. The number of aliphatic hydroxyl groups is 1. The summed E-state index contributed by atoms with van der Waals surface area (Å²) in [5.74, 6) is 0. The maximum Gasteiger partial charge on any atom is 0.0772 e. The molecule has 3 heteroatoms. The van der Waals surface area contributed by atoms with Gasteiger partial charge in [-0.1, -0.05) is 13.8 Å². The highest BCUT2D eigenvalue weighted by Crippen LogP contribution is 2.39. The van der Waals surface area contributed by atoms with E-state index in [0.29, 0.717) is 18.0 Å². The van der Waals surface area contributed by atoms with Gasteiger partial charge >= 0.3 is 0 Å². The first-order chi connectivity index (χ1) is 7.87. The number of nitrogens with one attached hydrogen (secondary N) is 1. The maximum atomic E-state index is 10.5. The summed E-state index contributed by atoms with van der Waals surface area (Å²) in [5, 5.41) is 13.9. The lowest BCUT2D eigenvalue weighted by atomic mass is 9.71. The predicted molar refractivity (Wildman–Crippen MR) is 71.2 cm³/mol. The lowest BCUT2D eigenvalue weighted by molar-refractivity contribution is -0.0275. The maximum absolute atomic E-state index is 10.5. The fourth-order valence-corrected chi connectivity index (χ4v) is 2.29. The Kier molecular flexibility index (Phi) is 5.42. The van der Waals surface area contributed by atoms with Crippen LogP contribution >= 0.6 is 0 Å². The molecule has 0 aliphatic heterocycles. The van der Waals surface area contributed by atoms with Crippen molar-refractivity contribution in [3.63, 3.8) is 0 Å². The van der Waals surface area contributed by atoms with E-state index in [0.717, 1.165) is 38.9 Å². The summed E-state index contributed by atoms with van der Waals surface area (Å²) in [4.78, 5) is 0. The summed E-state index contributed by atoms with van der Waals surface area (Å²) < 4.78 is 5.36. The molecular weight excluding hydrogens is 214 g/mol. The van der Waals surface area contributed by atoms with Crippen LogP contribution in [0.2, 0.25) is 0 Å². The Hall–Kier alpha value is -0.120. The summed E-state index contributed by atoms with van der Waals surface area (Å²) in [5.41, 5.74) is -0.0981. The molecule has 1 saturated carbocycles. The van der Waals surface area contributed by atoms with E-state index in [9.17, 15) is 5.11 Å². The van der Waals surface area contributed by atoms with Crippen molar-refractivity contribution >= 4 is 0 Å². The van der Waals surface area contributed by atoms with Crippen molar-refractivity contribution in [2.45, 2.75) is 65.0 Å². The van der Waals surface area contributed by atoms with Crippen molar-refractivity contribution in [1.82, 2.24) is 5.32 Å². The van der Waals surface area contributed by atoms with Crippen molar-refractivity contribution in [3.05, 3.63) is 0 Å². The van der Waals surface area contributed by atoms with Crippen LogP contribution in [0.5, 0.6) is 0 Å². The van der Waals surface area contributed by atoms with Crippen LogP contribution in [0.4, 0.5) is 0 Å². The highest BCUT2D eigenvalue weighted by molar-refractivity contribution is 4.90. The Morgan fingerprint density at radius 2 is 1.82 bits per heavy atom. The molecule has 0 aromatic heterocycles. The van der Waals surface area contributed by atoms with E-state index in [1.165, 1.54) is 0 Å². The molecule has 1 aliphatic rings. The van der Waals surface area contributed by atoms with Crippen LogP contribution < -0.4 is 5.32 Å². The van der Waals surface area contributed by atoms with Gasteiger partial charge in [0.05, 0.1) is 12.2 Å². The lowest BCUT2D eigenvalue weighted by Gasteiger charge is -2.40. The molecule has 102 valence electrons. The minimum Gasteiger partial charge on any atom is -0.389 e. The van der Waals surface area contributed by atoms with Gasteiger partial charge in [0.1, 0.15) is 0 Å². The standard InChI is InChI=1S/C14H29NO2/c1-5-17-10-12(2)15-11-14(16)8-6-13(3,4)7-9-14/h12,15-16H,5-11H2,1-4H3. The van der Waals surface area contributed by atoms with E-state index in [4.69, 9.17) is 4.74 Å². The average Bonchev–Trinajstić information content (AvgIpc) is 2.29. The topological polar surface area (TPSA) is 41.5 Å². The Morgan fingerprint density at radius 1 is 1.24 bits per heavy atom. The van der Waals surface area contributed by atoms with E-state index in [2.05, 4.69) is 26.1 Å². The van der Waals surface area contributed by atoms with Gasteiger partial charge in [-0.15, -0.1) is 0 Å². The van der Waals surface area contributed by atoms with Crippen molar-refractivity contribution in [2.24, 2.45) is 5.41 Å². The third-order valence-electron chi connectivity index (χ3n) is 3.89. The van der Waals surface area contributed by atoms with Gasteiger partial charge < -0.3 is 15.2 Å². The molecule has 0 heterocycles. The first-order valence-electron chi connectivity index (χ1n) is 6.90. The molecule has 1 atom stereocenters.